The molecule has 0 saturated heterocycles. The number of anilines is 3. The molecule has 2 heteroatoms. The van der Waals surface area contributed by atoms with Crippen LogP contribution in [-0.2, 0) is 0 Å². The van der Waals surface area contributed by atoms with Gasteiger partial charge in [-0.1, -0.05) is 175 Å². The topological polar surface area (TPSA) is 16.4 Å². The molecule has 9 aromatic carbocycles. The lowest BCUT2D eigenvalue weighted by atomic mass is 9.96. The van der Waals surface area contributed by atoms with Crippen molar-refractivity contribution in [3.63, 3.8) is 0 Å². The third kappa shape index (κ3) is 5.62. The molecule has 0 amide bonds. The van der Waals surface area contributed by atoms with Gasteiger partial charge in [-0.3, -0.25) is 0 Å². The number of furan rings is 1. The molecule has 10 aromatic rings. The first-order chi connectivity index (χ1) is 36.0. The van der Waals surface area contributed by atoms with Crippen LogP contribution in [0, 0.1) is 0 Å². The molecule has 0 fully saturated rings. The van der Waals surface area contributed by atoms with Crippen LogP contribution in [0.4, 0.5) is 17.1 Å². The number of rotatable bonds is 7. The van der Waals surface area contributed by atoms with Gasteiger partial charge in [-0.2, -0.15) is 0 Å². The zero-order chi connectivity index (χ0) is 55.0. The maximum Gasteiger partial charge on any atom is 0.143 e. The van der Waals surface area contributed by atoms with Crippen molar-refractivity contribution in [3.05, 3.63) is 212 Å². The number of hydrogen-bond acceptors (Lipinski definition) is 2. The van der Waals surface area contributed by atoms with E-state index in [0.717, 1.165) is 10.5 Å². The van der Waals surface area contributed by atoms with Gasteiger partial charge in [-0.05, 0) is 80.8 Å². The Morgan fingerprint density at radius 1 is 0.389 bits per heavy atom. The van der Waals surface area contributed by atoms with E-state index in [0.29, 0.717) is 32.9 Å². The predicted molar refractivity (Wildman–Crippen MR) is 228 cm³/mol. The molecule has 1 aromatic heterocycles. The highest BCUT2D eigenvalue weighted by molar-refractivity contribution is 6.22. The summed E-state index contributed by atoms with van der Waals surface area (Å²) in [4.78, 5) is 0.999. The highest BCUT2D eigenvalue weighted by Gasteiger charge is 2.22. The van der Waals surface area contributed by atoms with Crippen molar-refractivity contribution >= 4 is 49.8 Å². The van der Waals surface area contributed by atoms with Crippen molar-refractivity contribution in [2.45, 2.75) is 0 Å². The molecule has 0 aliphatic heterocycles. The predicted octanol–water partition coefficient (Wildman–Crippen LogP) is 14.9. The van der Waals surface area contributed by atoms with Crippen molar-refractivity contribution < 1.29 is 34.6 Å². The van der Waals surface area contributed by atoms with Crippen LogP contribution in [0.3, 0.4) is 0 Å². The van der Waals surface area contributed by atoms with Gasteiger partial charge in [0.15, 0.2) is 0 Å². The van der Waals surface area contributed by atoms with Crippen LogP contribution in [-0.4, -0.2) is 0 Å². The third-order valence-corrected chi connectivity index (χ3v) is 8.85. The van der Waals surface area contributed by atoms with Crippen LogP contribution in [0.5, 0.6) is 0 Å². The Hall–Kier alpha value is -7.16. The Morgan fingerprint density at radius 2 is 0.870 bits per heavy atom. The highest BCUT2D eigenvalue weighted by Crippen LogP contribution is 2.46. The number of fused-ring (bicyclic) bond motifs is 5. The first-order valence-electron chi connectivity index (χ1n) is 27.6. The number of hydrogen-bond donors (Lipinski definition) is 0. The Kier molecular flexibility index (Phi) is 4.04. The number of nitrogens with zero attached hydrogens (tertiary/aromatic N) is 1. The second-order valence-electron chi connectivity index (χ2n) is 12.0. The largest absolute Gasteiger partial charge is 0.455 e. The fraction of sp³-hybridized carbons (Fsp3) is 0. The van der Waals surface area contributed by atoms with Gasteiger partial charge in [0.2, 0.25) is 0 Å². The Labute approximate surface area is 345 Å². The summed E-state index contributed by atoms with van der Waals surface area (Å²) < 4.78 is 203. The summed E-state index contributed by atoms with van der Waals surface area (Å²) in [6, 6.07) is 3.69. The van der Waals surface area contributed by atoms with Gasteiger partial charge >= 0.3 is 0 Å². The van der Waals surface area contributed by atoms with Crippen LogP contribution in [0.2, 0.25) is 0 Å². The monoisotopic (exact) mass is 711 g/mol. The van der Waals surface area contributed by atoms with E-state index in [2.05, 4.69) is 0 Å². The van der Waals surface area contributed by atoms with Crippen LogP contribution < -0.4 is 4.90 Å². The summed E-state index contributed by atoms with van der Waals surface area (Å²) in [5.41, 5.74) is -3.27. The maximum atomic E-state index is 9.77. The van der Waals surface area contributed by atoms with E-state index >= 15 is 0 Å². The molecular formula is C52H35NO. The lowest BCUT2D eigenvalue weighted by Gasteiger charge is -2.27. The molecule has 0 radical (unpaired) electrons. The fourth-order valence-corrected chi connectivity index (χ4v) is 6.42. The first kappa shape index (κ1) is 16.2. The summed E-state index contributed by atoms with van der Waals surface area (Å²) in [6.07, 6.45) is 0. The molecule has 0 N–H and O–H groups in total. The summed E-state index contributed by atoms with van der Waals surface area (Å²) in [7, 11) is 0. The average Bonchev–Trinajstić information content (AvgIpc) is 3.98. The molecule has 54 heavy (non-hydrogen) atoms. The van der Waals surface area contributed by atoms with Gasteiger partial charge in [-0.15, -0.1) is 0 Å². The zero-order valence-electron chi connectivity index (χ0n) is 49.9. The molecule has 2 nitrogen and oxygen atoms in total. The molecule has 254 valence electrons. The highest BCUT2D eigenvalue weighted by atomic mass is 16.3. The normalized spacial score (nSPS) is 17.0. The summed E-state index contributed by atoms with van der Waals surface area (Å²) in [6.45, 7) is 0. The van der Waals surface area contributed by atoms with Crippen LogP contribution >= 0.6 is 0 Å². The van der Waals surface area contributed by atoms with Gasteiger partial charge < -0.3 is 9.32 Å². The Bertz CT molecular complexity index is 4070. The molecule has 1 heterocycles. The van der Waals surface area contributed by atoms with E-state index < -0.39 is 178 Å². The third-order valence-electron chi connectivity index (χ3n) is 8.85. The Morgan fingerprint density at radius 3 is 1.43 bits per heavy atom. The zero-order valence-corrected chi connectivity index (χ0v) is 27.9. The molecule has 0 bridgehead atoms. The fourth-order valence-electron chi connectivity index (χ4n) is 6.42. The van der Waals surface area contributed by atoms with Crippen molar-refractivity contribution in [2.24, 2.45) is 0 Å². The second kappa shape index (κ2) is 13.4. The maximum absolute atomic E-state index is 9.77. The summed E-state index contributed by atoms with van der Waals surface area (Å²) in [5.74, 6) is 0. The standard InChI is InChI=1S/C52H35NO/c1-4-13-36(14-5-1)38-23-25-39(26-24-38)41-29-33-44(34-30-41)53(43-31-27-40(28-32-43)37-15-6-2-7-16-37)49-35-48-51-45(42-17-8-3-9-18-42)21-12-22-50(51)54-52(48)47-20-11-10-19-46(47)49/h1-35H/i1D,2D,4D,5D,6D,7D,13D,14D,15D,16D,23D,24D,25D,26D,27D,28D,29D,30D,31D,32D,33D,34D. The summed E-state index contributed by atoms with van der Waals surface area (Å²) >= 11 is 0. The quantitative estimate of drug-likeness (QED) is 0.164. The van der Waals surface area contributed by atoms with E-state index in [1.165, 1.54) is 0 Å². The minimum Gasteiger partial charge on any atom is -0.455 e. The molecule has 0 unspecified atom stereocenters. The molecule has 10 rings (SSSR count). The van der Waals surface area contributed by atoms with E-state index in [-0.39, 0.29) is 11.1 Å². The van der Waals surface area contributed by atoms with Gasteiger partial charge in [0.1, 0.15) is 11.2 Å². The molecule has 0 saturated carbocycles. The van der Waals surface area contributed by atoms with Gasteiger partial charge in [0, 0.05) is 32.9 Å². The minimum absolute atomic E-state index is 0.0363. The smallest absolute Gasteiger partial charge is 0.143 e. The lowest BCUT2D eigenvalue weighted by Crippen LogP contribution is -2.10. The summed E-state index contributed by atoms with van der Waals surface area (Å²) in [5, 5.41) is 1.69. The van der Waals surface area contributed by atoms with E-state index in [9.17, 15) is 11.0 Å². The van der Waals surface area contributed by atoms with Gasteiger partial charge in [-0.25, -0.2) is 0 Å². The average molecular weight is 712 g/mol. The molecule has 0 aliphatic rings. The minimum atomic E-state index is -0.964. The molecule has 0 spiro atoms. The molecule has 0 aliphatic carbocycles. The first-order valence-corrected chi connectivity index (χ1v) is 16.6. The van der Waals surface area contributed by atoms with Crippen molar-refractivity contribution in [1.29, 1.82) is 0 Å². The van der Waals surface area contributed by atoms with Gasteiger partial charge in [0.25, 0.3) is 0 Å². The van der Waals surface area contributed by atoms with Crippen LogP contribution in [0.25, 0.3) is 77.2 Å². The van der Waals surface area contributed by atoms with Crippen molar-refractivity contribution in [1.82, 2.24) is 0 Å². The molecule has 0 atom stereocenters. The van der Waals surface area contributed by atoms with Crippen LogP contribution in [0.15, 0.2) is 216 Å². The van der Waals surface area contributed by atoms with Crippen molar-refractivity contribution in [3.8, 4) is 44.5 Å². The van der Waals surface area contributed by atoms with E-state index in [1.54, 1.807) is 42.5 Å². The van der Waals surface area contributed by atoms with Gasteiger partial charge in [0.05, 0.1) is 35.8 Å². The van der Waals surface area contributed by atoms with Crippen molar-refractivity contribution in [2.75, 3.05) is 4.90 Å². The van der Waals surface area contributed by atoms with E-state index in [1.807, 2.05) is 36.4 Å². The Balaban J connectivity index is 1.33. The SMILES string of the molecule is [2H]c1c([2H])c([2H])c(-c2c([2H])c([2H])c(-c3c([2H])c([2H])c(N(c4c([2H])c([2H])c(-c5c([2H])c([2H])c([2H])c([2H])c5[2H])c([2H])c4[2H])c4cc5c(oc6cccc(-c7ccccc7)c65)c5ccccc45)c([2H])c3[2H])c([2H])c2[2H])c([2H])c1[2H]. The molecular weight excluding hydrogens is 655 g/mol. The second-order valence-corrected chi connectivity index (χ2v) is 12.0. The lowest BCUT2D eigenvalue weighted by molar-refractivity contribution is 0.673. The number of benzene rings is 9. The van der Waals surface area contributed by atoms with E-state index in [4.69, 9.17) is 23.6 Å². The van der Waals surface area contributed by atoms with Crippen LogP contribution in [0.1, 0.15) is 30.2 Å².